The molecule has 0 aliphatic carbocycles. The number of carbonyl (C=O) groups excluding carboxylic acids is 1. The quantitative estimate of drug-likeness (QED) is 0.844. The second kappa shape index (κ2) is 5.93. The molecule has 4 nitrogen and oxygen atoms in total. The first-order valence-electron chi connectivity index (χ1n) is 6.11. The Morgan fingerprint density at radius 1 is 1.22 bits per heavy atom. The predicted molar refractivity (Wildman–Crippen MR) is 67.3 cm³/mol. The molecule has 1 heterocycles. The SMILES string of the molecule is NC(=O)CN1CCN(Cc2cccc(F)c2)CC1. The van der Waals surface area contributed by atoms with Gasteiger partial charge in [0.05, 0.1) is 6.54 Å². The van der Waals surface area contributed by atoms with E-state index >= 15 is 0 Å². The number of carbonyl (C=O) groups is 1. The Balaban J connectivity index is 1.81. The molecule has 1 aromatic rings. The van der Waals surface area contributed by atoms with Crippen LogP contribution in [-0.2, 0) is 11.3 Å². The van der Waals surface area contributed by atoms with E-state index in [9.17, 15) is 9.18 Å². The largest absolute Gasteiger partial charge is 0.369 e. The van der Waals surface area contributed by atoms with Crippen molar-refractivity contribution in [1.29, 1.82) is 0 Å². The number of nitrogens with zero attached hydrogens (tertiary/aromatic N) is 2. The highest BCUT2D eigenvalue weighted by atomic mass is 19.1. The number of benzene rings is 1. The lowest BCUT2D eigenvalue weighted by molar-refractivity contribution is -0.119. The van der Waals surface area contributed by atoms with E-state index in [1.54, 1.807) is 12.1 Å². The fourth-order valence-corrected chi connectivity index (χ4v) is 2.22. The van der Waals surface area contributed by atoms with E-state index in [-0.39, 0.29) is 11.7 Å². The normalized spacial score (nSPS) is 17.8. The second-order valence-electron chi connectivity index (χ2n) is 4.65. The third-order valence-corrected chi connectivity index (χ3v) is 3.14. The van der Waals surface area contributed by atoms with Gasteiger partial charge in [0.15, 0.2) is 0 Å². The van der Waals surface area contributed by atoms with E-state index in [2.05, 4.69) is 4.90 Å². The lowest BCUT2D eigenvalue weighted by atomic mass is 10.2. The van der Waals surface area contributed by atoms with Gasteiger partial charge in [0.25, 0.3) is 0 Å². The highest BCUT2D eigenvalue weighted by molar-refractivity contribution is 5.75. The number of primary amides is 1. The fraction of sp³-hybridized carbons (Fsp3) is 0.462. The molecular formula is C13H18FN3O. The van der Waals surface area contributed by atoms with Gasteiger partial charge in [0, 0.05) is 32.7 Å². The van der Waals surface area contributed by atoms with E-state index in [4.69, 9.17) is 5.73 Å². The minimum absolute atomic E-state index is 0.195. The Bertz CT molecular complexity index is 416. The number of amides is 1. The highest BCUT2D eigenvalue weighted by Gasteiger charge is 2.17. The zero-order valence-corrected chi connectivity index (χ0v) is 10.3. The molecule has 0 saturated carbocycles. The van der Waals surface area contributed by atoms with Crippen LogP contribution in [0.15, 0.2) is 24.3 Å². The zero-order valence-electron chi connectivity index (χ0n) is 10.3. The maximum atomic E-state index is 13.0. The summed E-state index contributed by atoms with van der Waals surface area (Å²) in [5, 5.41) is 0. The van der Waals surface area contributed by atoms with Crippen molar-refractivity contribution in [2.75, 3.05) is 32.7 Å². The molecule has 0 spiro atoms. The summed E-state index contributed by atoms with van der Waals surface area (Å²) in [7, 11) is 0. The Morgan fingerprint density at radius 2 is 1.89 bits per heavy atom. The van der Waals surface area contributed by atoms with Gasteiger partial charge in [-0.25, -0.2) is 4.39 Å². The van der Waals surface area contributed by atoms with Crippen LogP contribution in [0.25, 0.3) is 0 Å². The third kappa shape index (κ3) is 3.78. The topological polar surface area (TPSA) is 49.6 Å². The summed E-state index contributed by atoms with van der Waals surface area (Å²) in [6.07, 6.45) is 0. The molecule has 1 aliphatic heterocycles. The van der Waals surface area contributed by atoms with Gasteiger partial charge in [-0.1, -0.05) is 12.1 Å². The molecule has 1 fully saturated rings. The Hall–Kier alpha value is -1.46. The van der Waals surface area contributed by atoms with Crippen LogP contribution < -0.4 is 5.73 Å². The molecule has 18 heavy (non-hydrogen) atoms. The summed E-state index contributed by atoms with van der Waals surface area (Å²) in [5.74, 6) is -0.478. The molecule has 1 saturated heterocycles. The van der Waals surface area contributed by atoms with E-state index in [1.807, 2.05) is 11.0 Å². The summed E-state index contributed by atoms with van der Waals surface area (Å²) in [5.41, 5.74) is 6.15. The molecule has 0 unspecified atom stereocenters. The van der Waals surface area contributed by atoms with E-state index in [0.29, 0.717) is 6.54 Å². The van der Waals surface area contributed by atoms with Gasteiger partial charge in [-0.05, 0) is 17.7 Å². The highest BCUT2D eigenvalue weighted by Crippen LogP contribution is 2.09. The molecule has 2 rings (SSSR count). The first-order chi connectivity index (χ1) is 8.63. The molecule has 1 aliphatic rings. The summed E-state index contributed by atoms with van der Waals surface area (Å²) in [4.78, 5) is 15.1. The minimum atomic E-state index is -0.284. The zero-order chi connectivity index (χ0) is 13.0. The summed E-state index contributed by atoms with van der Waals surface area (Å²) < 4.78 is 13.0. The second-order valence-corrected chi connectivity index (χ2v) is 4.65. The van der Waals surface area contributed by atoms with Gasteiger partial charge in [-0.3, -0.25) is 14.6 Å². The average Bonchev–Trinajstić information content (AvgIpc) is 2.31. The van der Waals surface area contributed by atoms with Crippen molar-refractivity contribution in [3.8, 4) is 0 Å². The van der Waals surface area contributed by atoms with Crippen LogP contribution in [0.4, 0.5) is 4.39 Å². The summed E-state index contributed by atoms with van der Waals surface area (Å²) in [6.45, 7) is 4.50. The number of hydrogen-bond acceptors (Lipinski definition) is 3. The number of rotatable bonds is 4. The van der Waals surface area contributed by atoms with Crippen LogP contribution in [0, 0.1) is 5.82 Å². The van der Waals surface area contributed by atoms with Gasteiger partial charge in [0.2, 0.25) is 5.91 Å². The monoisotopic (exact) mass is 251 g/mol. The van der Waals surface area contributed by atoms with E-state index in [0.717, 1.165) is 38.3 Å². The number of nitrogens with two attached hydrogens (primary N) is 1. The van der Waals surface area contributed by atoms with Crippen LogP contribution in [0.5, 0.6) is 0 Å². The van der Waals surface area contributed by atoms with E-state index in [1.165, 1.54) is 6.07 Å². The Kier molecular flexibility index (Phi) is 4.28. The maximum Gasteiger partial charge on any atom is 0.231 e. The van der Waals surface area contributed by atoms with Crippen LogP contribution in [-0.4, -0.2) is 48.4 Å². The number of piperazine rings is 1. The molecule has 98 valence electrons. The van der Waals surface area contributed by atoms with Crippen molar-refractivity contribution in [2.24, 2.45) is 5.73 Å². The lowest BCUT2D eigenvalue weighted by Gasteiger charge is -2.33. The van der Waals surface area contributed by atoms with Gasteiger partial charge < -0.3 is 5.73 Å². The smallest absolute Gasteiger partial charge is 0.231 e. The minimum Gasteiger partial charge on any atom is -0.369 e. The first kappa shape index (κ1) is 13.0. The lowest BCUT2D eigenvalue weighted by Crippen LogP contribution is -2.48. The van der Waals surface area contributed by atoms with Crippen molar-refractivity contribution >= 4 is 5.91 Å². The standard InChI is InChI=1S/C13H18FN3O/c14-12-3-1-2-11(8-12)9-16-4-6-17(7-5-16)10-13(15)18/h1-3,8H,4-7,9-10H2,(H2,15,18). The van der Waals surface area contributed by atoms with Gasteiger partial charge >= 0.3 is 0 Å². The van der Waals surface area contributed by atoms with Crippen molar-refractivity contribution in [3.63, 3.8) is 0 Å². The van der Waals surface area contributed by atoms with Crippen LogP contribution in [0.2, 0.25) is 0 Å². The maximum absolute atomic E-state index is 13.0. The third-order valence-electron chi connectivity index (χ3n) is 3.14. The molecule has 1 aromatic carbocycles. The Labute approximate surface area is 106 Å². The van der Waals surface area contributed by atoms with Gasteiger partial charge in [0.1, 0.15) is 5.82 Å². The van der Waals surface area contributed by atoms with Crippen LogP contribution in [0.1, 0.15) is 5.56 Å². The predicted octanol–water partition coefficient (Wildman–Crippen LogP) is 0.429. The van der Waals surface area contributed by atoms with Crippen molar-refractivity contribution in [2.45, 2.75) is 6.54 Å². The van der Waals surface area contributed by atoms with Crippen LogP contribution >= 0.6 is 0 Å². The van der Waals surface area contributed by atoms with Gasteiger partial charge in [-0.2, -0.15) is 0 Å². The number of hydrogen-bond donors (Lipinski definition) is 1. The molecule has 1 amide bonds. The molecule has 2 N–H and O–H groups in total. The number of halogens is 1. The van der Waals surface area contributed by atoms with Gasteiger partial charge in [-0.15, -0.1) is 0 Å². The average molecular weight is 251 g/mol. The Morgan fingerprint density at radius 3 is 2.50 bits per heavy atom. The van der Waals surface area contributed by atoms with Crippen molar-refractivity contribution in [3.05, 3.63) is 35.6 Å². The molecular weight excluding hydrogens is 233 g/mol. The molecule has 0 radical (unpaired) electrons. The fourth-order valence-electron chi connectivity index (χ4n) is 2.22. The first-order valence-corrected chi connectivity index (χ1v) is 6.11. The molecule has 0 bridgehead atoms. The summed E-state index contributed by atoms with van der Waals surface area (Å²) in [6, 6.07) is 6.68. The molecule has 5 heteroatoms. The molecule has 0 aromatic heterocycles. The van der Waals surface area contributed by atoms with Crippen molar-refractivity contribution in [1.82, 2.24) is 9.80 Å². The summed E-state index contributed by atoms with van der Waals surface area (Å²) >= 11 is 0. The van der Waals surface area contributed by atoms with Crippen LogP contribution in [0.3, 0.4) is 0 Å². The molecule has 0 atom stereocenters. The van der Waals surface area contributed by atoms with Crippen molar-refractivity contribution < 1.29 is 9.18 Å². The van der Waals surface area contributed by atoms with E-state index < -0.39 is 0 Å².